The Morgan fingerprint density at radius 3 is 2.62 bits per heavy atom. The fourth-order valence-electron chi connectivity index (χ4n) is 2.37. The highest BCUT2D eigenvalue weighted by Crippen LogP contribution is 2.36. The maximum atomic E-state index is 13.0. The molecule has 2 heterocycles. The van der Waals surface area contributed by atoms with Crippen molar-refractivity contribution in [1.82, 2.24) is 9.97 Å². The molecule has 1 aliphatic rings. The fraction of sp³-hybridized carbons (Fsp3) is 0.158. The monoisotopic (exact) mass is 370 g/mol. The molecule has 0 saturated carbocycles. The van der Waals surface area contributed by atoms with Crippen LogP contribution in [0.25, 0.3) is 0 Å². The molecule has 0 amide bonds. The molecule has 26 heavy (non-hydrogen) atoms. The molecule has 1 aliphatic heterocycles. The number of ether oxygens (including phenoxy) is 3. The van der Waals surface area contributed by atoms with Crippen LogP contribution >= 0.6 is 11.8 Å². The molecular weight excluding hydrogens is 355 g/mol. The number of halogens is 1. The Bertz CT molecular complexity index is 906. The van der Waals surface area contributed by atoms with Crippen molar-refractivity contribution < 1.29 is 18.6 Å². The zero-order chi connectivity index (χ0) is 17.8. The number of fused-ring (bicyclic) bond motifs is 1. The number of hydrogen-bond acceptors (Lipinski definition) is 6. The van der Waals surface area contributed by atoms with E-state index in [-0.39, 0.29) is 5.82 Å². The van der Waals surface area contributed by atoms with Crippen LogP contribution < -0.4 is 14.2 Å². The third-order valence-corrected chi connectivity index (χ3v) is 4.44. The van der Waals surface area contributed by atoms with Crippen LogP contribution in [-0.2, 0) is 0 Å². The van der Waals surface area contributed by atoms with Gasteiger partial charge in [-0.3, -0.25) is 0 Å². The highest BCUT2D eigenvalue weighted by Gasteiger charge is 2.12. The smallest absolute Gasteiger partial charge is 0.223 e. The van der Waals surface area contributed by atoms with Gasteiger partial charge in [-0.05, 0) is 54.2 Å². The normalized spacial score (nSPS) is 13.1. The first-order chi connectivity index (χ1) is 12.8. The van der Waals surface area contributed by atoms with Crippen molar-refractivity contribution in [3.05, 3.63) is 60.5 Å². The van der Waals surface area contributed by atoms with E-state index in [1.807, 2.05) is 18.2 Å². The van der Waals surface area contributed by atoms with E-state index < -0.39 is 0 Å². The summed E-state index contributed by atoms with van der Waals surface area (Å²) in [5, 5.41) is 0.541. The van der Waals surface area contributed by atoms with E-state index in [1.165, 1.54) is 23.9 Å². The van der Waals surface area contributed by atoms with Crippen LogP contribution in [0.5, 0.6) is 23.1 Å². The minimum Gasteiger partial charge on any atom is -0.490 e. The maximum Gasteiger partial charge on any atom is 0.223 e. The largest absolute Gasteiger partial charge is 0.490 e. The predicted molar refractivity (Wildman–Crippen MR) is 94.7 cm³/mol. The Kier molecular flexibility index (Phi) is 4.88. The Labute approximate surface area is 154 Å². The van der Waals surface area contributed by atoms with Gasteiger partial charge in [-0.1, -0.05) is 0 Å². The number of benzene rings is 2. The molecule has 4 rings (SSSR count). The summed E-state index contributed by atoms with van der Waals surface area (Å²) in [6, 6.07) is 13.2. The van der Waals surface area contributed by atoms with E-state index >= 15 is 0 Å². The van der Waals surface area contributed by atoms with Gasteiger partial charge in [0.15, 0.2) is 16.7 Å². The Hall–Kier alpha value is -2.80. The summed E-state index contributed by atoms with van der Waals surface area (Å²) in [6.07, 6.45) is 2.49. The number of hydrogen-bond donors (Lipinski definition) is 0. The molecular formula is C19H15FN2O3S. The molecule has 0 bridgehead atoms. The molecule has 0 radical (unpaired) electrons. The van der Waals surface area contributed by atoms with Gasteiger partial charge in [-0.25, -0.2) is 9.37 Å². The molecule has 1 aromatic heterocycles. The second-order valence-corrected chi connectivity index (χ2v) is 6.54. The zero-order valence-corrected chi connectivity index (χ0v) is 14.5. The average molecular weight is 370 g/mol. The minimum absolute atomic E-state index is 0.314. The van der Waals surface area contributed by atoms with Gasteiger partial charge in [0.25, 0.3) is 0 Å². The first-order valence-electron chi connectivity index (χ1n) is 8.10. The van der Waals surface area contributed by atoms with Gasteiger partial charge in [0.1, 0.15) is 11.6 Å². The van der Waals surface area contributed by atoms with Crippen LogP contribution in [0.15, 0.2) is 64.8 Å². The quantitative estimate of drug-likeness (QED) is 0.620. The zero-order valence-electron chi connectivity index (χ0n) is 13.7. The SMILES string of the molecule is Fc1ccc(Oc2ccnc(Sc3ccc4c(c3)OCCCO4)n2)cc1. The van der Waals surface area contributed by atoms with E-state index in [1.54, 1.807) is 24.4 Å². The summed E-state index contributed by atoms with van der Waals surface area (Å²) in [7, 11) is 0. The molecule has 0 saturated heterocycles. The lowest BCUT2D eigenvalue weighted by atomic mass is 10.3. The van der Waals surface area contributed by atoms with Gasteiger partial charge in [0.2, 0.25) is 5.88 Å². The summed E-state index contributed by atoms with van der Waals surface area (Å²) in [5.41, 5.74) is 0. The van der Waals surface area contributed by atoms with E-state index in [0.29, 0.717) is 30.0 Å². The van der Waals surface area contributed by atoms with Crippen molar-refractivity contribution in [2.45, 2.75) is 16.5 Å². The summed E-state index contributed by atoms with van der Waals surface area (Å²) in [6.45, 7) is 1.30. The molecule has 5 nitrogen and oxygen atoms in total. The Morgan fingerprint density at radius 2 is 1.77 bits per heavy atom. The lowest BCUT2D eigenvalue weighted by molar-refractivity contribution is 0.297. The molecule has 0 N–H and O–H groups in total. The molecule has 3 aromatic rings. The van der Waals surface area contributed by atoms with Crippen molar-refractivity contribution in [3.8, 4) is 23.1 Å². The highest BCUT2D eigenvalue weighted by molar-refractivity contribution is 7.99. The third kappa shape index (κ3) is 4.05. The lowest BCUT2D eigenvalue weighted by Gasteiger charge is -2.09. The molecule has 0 atom stereocenters. The second kappa shape index (κ2) is 7.61. The van der Waals surface area contributed by atoms with Gasteiger partial charge in [0.05, 0.1) is 13.2 Å². The van der Waals surface area contributed by atoms with Crippen LogP contribution in [0.1, 0.15) is 6.42 Å². The van der Waals surface area contributed by atoms with Gasteiger partial charge >= 0.3 is 0 Å². The molecule has 2 aromatic carbocycles. The maximum absolute atomic E-state index is 13.0. The Morgan fingerprint density at radius 1 is 0.962 bits per heavy atom. The van der Waals surface area contributed by atoms with E-state index in [0.717, 1.165) is 22.8 Å². The number of nitrogens with zero attached hydrogens (tertiary/aromatic N) is 2. The third-order valence-electron chi connectivity index (χ3n) is 3.57. The van der Waals surface area contributed by atoms with Crippen LogP contribution in [0, 0.1) is 5.82 Å². The summed E-state index contributed by atoms with van der Waals surface area (Å²) >= 11 is 1.40. The molecule has 0 fully saturated rings. The van der Waals surface area contributed by atoms with Crippen molar-refractivity contribution >= 4 is 11.8 Å². The molecule has 0 unspecified atom stereocenters. The first kappa shape index (κ1) is 16.7. The Balaban J connectivity index is 1.50. The first-order valence-corrected chi connectivity index (χ1v) is 8.92. The minimum atomic E-state index is -0.314. The van der Waals surface area contributed by atoms with Crippen molar-refractivity contribution in [2.75, 3.05) is 13.2 Å². The molecule has 0 aliphatic carbocycles. The topological polar surface area (TPSA) is 53.5 Å². The van der Waals surface area contributed by atoms with E-state index in [9.17, 15) is 4.39 Å². The van der Waals surface area contributed by atoms with Crippen molar-refractivity contribution in [3.63, 3.8) is 0 Å². The number of aromatic nitrogens is 2. The van der Waals surface area contributed by atoms with Crippen LogP contribution in [0.2, 0.25) is 0 Å². The lowest BCUT2D eigenvalue weighted by Crippen LogP contribution is -1.97. The van der Waals surface area contributed by atoms with E-state index in [4.69, 9.17) is 14.2 Å². The van der Waals surface area contributed by atoms with E-state index in [2.05, 4.69) is 9.97 Å². The molecule has 7 heteroatoms. The van der Waals surface area contributed by atoms with Crippen LogP contribution in [0.4, 0.5) is 4.39 Å². The van der Waals surface area contributed by atoms with Crippen LogP contribution in [0.3, 0.4) is 0 Å². The van der Waals surface area contributed by atoms with Gasteiger partial charge in [-0.2, -0.15) is 4.98 Å². The number of rotatable bonds is 4. The van der Waals surface area contributed by atoms with Crippen molar-refractivity contribution in [2.24, 2.45) is 0 Å². The summed E-state index contributed by atoms with van der Waals surface area (Å²) in [5.74, 6) is 2.07. The van der Waals surface area contributed by atoms with Gasteiger partial charge in [0, 0.05) is 23.6 Å². The average Bonchev–Trinajstić information content (AvgIpc) is 2.89. The van der Waals surface area contributed by atoms with Gasteiger partial charge in [-0.15, -0.1) is 0 Å². The van der Waals surface area contributed by atoms with Crippen LogP contribution in [-0.4, -0.2) is 23.2 Å². The summed E-state index contributed by atoms with van der Waals surface area (Å²) in [4.78, 5) is 9.58. The highest BCUT2D eigenvalue weighted by atomic mass is 32.2. The standard InChI is InChI=1S/C19H15FN2O3S/c20-13-2-4-14(5-3-13)25-18-8-9-21-19(22-18)26-15-6-7-16-17(12-15)24-11-1-10-23-16/h2-9,12H,1,10-11H2. The molecule has 132 valence electrons. The molecule has 0 spiro atoms. The predicted octanol–water partition coefficient (Wildman–Crippen LogP) is 4.72. The van der Waals surface area contributed by atoms with Gasteiger partial charge < -0.3 is 14.2 Å². The van der Waals surface area contributed by atoms with Crippen molar-refractivity contribution in [1.29, 1.82) is 0 Å². The summed E-state index contributed by atoms with van der Waals surface area (Å²) < 4.78 is 30.0. The fourth-order valence-corrected chi connectivity index (χ4v) is 3.13. The second-order valence-electron chi connectivity index (χ2n) is 5.49.